The third-order valence-corrected chi connectivity index (χ3v) is 1.87. The van der Waals surface area contributed by atoms with E-state index in [9.17, 15) is 0 Å². The molecular formula is C10H14N2. The van der Waals surface area contributed by atoms with Crippen LogP contribution in [0.5, 0.6) is 0 Å². The Bertz CT molecular complexity index is 243. The van der Waals surface area contributed by atoms with Gasteiger partial charge in [-0.2, -0.15) is 0 Å². The lowest BCUT2D eigenvalue weighted by Crippen LogP contribution is -2.31. The van der Waals surface area contributed by atoms with Crippen molar-refractivity contribution in [2.75, 3.05) is 0 Å². The Morgan fingerprint density at radius 3 is 2.25 bits per heavy atom. The van der Waals surface area contributed by atoms with Crippen LogP contribution in [-0.4, -0.2) is 6.04 Å². The van der Waals surface area contributed by atoms with E-state index in [0.29, 0.717) is 0 Å². The highest BCUT2D eigenvalue weighted by Crippen LogP contribution is 2.12. The van der Waals surface area contributed by atoms with Crippen molar-refractivity contribution in [3.8, 4) is 0 Å². The SMILES string of the molecule is C=C[C@H](N)[C@@H](N)c1ccccc1. The minimum absolute atomic E-state index is 0.149. The van der Waals surface area contributed by atoms with E-state index in [4.69, 9.17) is 11.5 Å². The first-order valence-corrected chi connectivity index (χ1v) is 3.94. The molecule has 2 nitrogen and oxygen atoms in total. The Morgan fingerprint density at radius 2 is 1.75 bits per heavy atom. The van der Waals surface area contributed by atoms with Crippen LogP contribution in [-0.2, 0) is 0 Å². The van der Waals surface area contributed by atoms with Crippen LogP contribution in [0.1, 0.15) is 11.6 Å². The van der Waals surface area contributed by atoms with Crippen molar-refractivity contribution in [3.05, 3.63) is 48.6 Å². The molecule has 0 aliphatic carbocycles. The van der Waals surface area contributed by atoms with Crippen molar-refractivity contribution < 1.29 is 0 Å². The average molecular weight is 162 g/mol. The summed E-state index contributed by atoms with van der Waals surface area (Å²) in [4.78, 5) is 0. The smallest absolute Gasteiger partial charge is 0.0485 e. The third-order valence-electron chi connectivity index (χ3n) is 1.87. The molecule has 4 N–H and O–H groups in total. The molecule has 0 heterocycles. The molecule has 0 fully saturated rings. The van der Waals surface area contributed by atoms with E-state index in [1.54, 1.807) is 6.08 Å². The summed E-state index contributed by atoms with van der Waals surface area (Å²) < 4.78 is 0. The predicted molar refractivity (Wildman–Crippen MR) is 51.5 cm³/mol. The van der Waals surface area contributed by atoms with Crippen molar-refractivity contribution >= 4 is 0 Å². The van der Waals surface area contributed by atoms with E-state index in [1.165, 1.54) is 0 Å². The fraction of sp³-hybridized carbons (Fsp3) is 0.200. The molecule has 0 unspecified atom stereocenters. The summed E-state index contributed by atoms with van der Waals surface area (Å²) in [5, 5.41) is 0. The highest BCUT2D eigenvalue weighted by molar-refractivity contribution is 5.21. The van der Waals surface area contributed by atoms with Gasteiger partial charge in [0.25, 0.3) is 0 Å². The fourth-order valence-electron chi connectivity index (χ4n) is 1.04. The zero-order valence-electron chi connectivity index (χ0n) is 6.98. The van der Waals surface area contributed by atoms with Gasteiger partial charge in [-0.15, -0.1) is 6.58 Å². The van der Waals surface area contributed by atoms with Gasteiger partial charge in [0.05, 0.1) is 0 Å². The van der Waals surface area contributed by atoms with Gasteiger partial charge in [-0.05, 0) is 5.56 Å². The van der Waals surface area contributed by atoms with Gasteiger partial charge in [0.2, 0.25) is 0 Å². The normalized spacial score (nSPS) is 15.2. The first-order valence-electron chi connectivity index (χ1n) is 3.94. The Balaban J connectivity index is 2.78. The van der Waals surface area contributed by atoms with E-state index in [1.807, 2.05) is 30.3 Å². The minimum Gasteiger partial charge on any atom is -0.323 e. The largest absolute Gasteiger partial charge is 0.323 e. The van der Waals surface area contributed by atoms with Gasteiger partial charge in [0.15, 0.2) is 0 Å². The molecule has 0 amide bonds. The van der Waals surface area contributed by atoms with Gasteiger partial charge in [-0.1, -0.05) is 36.4 Å². The topological polar surface area (TPSA) is 52.0 Å². The first-order chi connectivity index (χ1) is 5.75. The fourth-order valence-corrected chi connectivity index (χ4v) is 1.04. The summed E-state index contributed by atoms with van der Waals surface area (Å²) in [6.07, 6.45) is 1.66. The summed E-state index contributed by atoms with van der Waals surface area (Å²) in [5.41, 5.74) is 12.6. The van der Waals surface area contributed by atoms with E-state index in [2.05, 4.69) is 6.58 Å². The van der Waals surface area contributed by atoms with Gasteiger partial charge < -0.3 is 11.5 Å². The molecule has 0 saturated carbocycles. The average Bonchev–Trinajstić information content (AvgIpc) is 2.17. The molecule has 0 aliphatic heterocycles. The van der Waals surface area contributed by atoms with Crippen molar-refractivity contribution in [3.63, 3.8) is 0 Å². The van der Waals surface area contributed by atoms with E-state index in [0.717, 1.165) is 5.56 Å². The van der Waals surface area contributed by atoms with Crippen LogP contribution in [0.15, 0.2) is 43.0 Å². The Labute approximate surface area is 72.9 Å². The number of hydrogen-bond donors (Lipinski definition) is 2. The van der Waals surface area contributed by atoms with Crippen LogP contribution in [0.2, 0.25) is 0 Å². The van der Waals surface area contributed by atoms with E-state index >= 15 is 0 Å². The van der Waals surface area contributed by atoms with Gasteiger partial charge in [0, 0.05) is 12.1 Å². The summed E-state index contributed by atoms with van der Waals surface area (Å²) in [7, 11) is 0. The Morgan fingerprint density at radius 1 is 1.17 bits per heavy atom. The highest BCUT2D eigenvalue weighted by Gasteiger charge is 2.10. The van der Waals surface area contributed by atoms with Gasteiger partial charge in [-0.25, -0.2) is 0 Å². The molecular weight excluding hydrogens is 148 g/mol. The van der Waals surface area contributed by atoms with Gasteiger partial charge in [0.1, 0.15) is 0 Å². The van der Waals surface area contributed by atoms with E-state index in [-0.39, 0.29) is 12.1 Å². The molecule has 1 aromatic carbocycles. The lowest BCUT2D eigenvalue weighted by molar-refractivity contribution is 0.637. The zero-order valence-corrected chi connectivity index (χ0v) is 6.98. The Hall–Kier alpha value is -1.12. The maximum Gasteiger partial charge on any atom is 0.0485 e. The lowest BCUT2D eigenvalue weighted by Gasteiger charge is -2.16. The first kappa shape index (κ1) is 8.97. The van der Waals surface area contributed by atoms with Gasteiger partial charge >= 0.3 is 0 Å². The lowest BCUT2D eigenvalue weighted by atomic mass is 10.0. The maximum atomic E-state index is 5.85. The zero-order chi connectivity index (χ0) is 8.97. The molecule has 0 radical (unpaired) electrons. The predicted octanol–water partition coefficient (Wildman–Crippen LogP) is 1.20. The molecule has 1 rings (SSSR count). The van der Waals surface area contributed by atoms with Gasteiger partial charge in [-0.3, -0.25) is 0 Å². The van der Waals surface area contributed by atoms with Crippen LogP contribution in [0.25, 0.3) is 0 Å². The number of nitrogens with two attached hydrogens (primary N) is 2. The van der Waals surface area contributed by atoms with Crippen molar-refractivity contribution in [1.29, 1.82) is 0 Å². The Kier molecular flexibility index (Phi) is 3.02. The molecule has 0 aliphatic rings. The number of rotatable bonds is 3. The van der Waals surface area contributed by atoms with Crippen LogP contribution in [0, 0.1) is 0 Å². The third kappa shape index (κ3) is 1.94. The molecule has 12 heavy (non-hydrogen) atoms. The summed E-state index contributed by atoms with van der Waals surface area (Å²) in [5.74, 6) is 0. The van der Waals surface area contributed by atoms with Crippen LogP contribution in [0.3, 0.4) is 0 Å². The number of hydrogen-bond acceptors (Lipinski definition) is 2. The van der Waals surface area contributed by atoms with Crippen molar-refractivity contribution in [1.82, 2.24) is 0 Å². The number of benzene rings is 1. The second-order valence-corrected chi connectivity index (χ2v) is 2.75. The standard InChI is InChI=1S/C10H14N2/c1-2-9(11)10(12)8-6-4-3-5-7-8/h2-7,9-10H,1,11-12H2/t9-,10-/m0/s1. The van der Waals surface area contributed by atoms with Crippen molar-refractivity contribution in [2.45, 2.75) is 12.1 Å². The molecule has 0 aromatic heterocycles. The van der Waals surface area contributed by atoms with Crippen molar-refractivity contribution in [2.24, 2.45) is 11.5 Å². The quantitative estimate of drug-likeness (QED) is 0.656. The maximum absolute atomic E-state index is 5.85. The molecule has 2 heteroatoms. The monoisotopic (exact) mass is 162 g/mol. The highest BCUT2D eigenvalue weighted by atomic mass is 14.8. The molecule has 0 spiro atoms. The van der Waals surface area contributed by atoms with Crippen LogP contribution in [0.4, 0.5) is 0 Å². The second kappa shape index (κ2) is 4.04. The minimum atomic E-state index is -0.174. The van der Waals surface area contributed by atoms with Crippen LogP contribution < -0.4 is 11.5 Å². The summed E-state index contributed by atoms with van der Waals surface area (Å²) in [6, 6.07) is 9.46. The molecule has 0 saturated heterocycles. The molecule has 0 bridgehead atoms. The van der Waals surface area contributed by atoms with E-state index < -0.39 is 0 Å². The summed E-state index contributed by atoms with van der Waals surface area (Å²) >= 11 is 0. The summed E-state index contributed by atoms with van der Waals surface area (Å²) in [6.45, 7) is 3.60. The second-order valence-electron chi connectivity index (χ2n) is 2.75. The molecule has 2 atom stereocenters. The molecule has 64 valence electrons. The van der Waals surface area contributed by atoms with Crippen LogP contribution >= 0.6 is 0 Å². The molecule has 1 aromatic rings.